The number of carbonyl (C=O) groups excluding carboxylic acids is 1. The number of aromatic nitrogens is 1. The van der Waals surface area contributed by atoms with Crippen LogP contribution in [-0.4, -0.2) is 15.8 Å². The van der Waals surface area contributed by atoms with Crippen LogP contribution in [0, 0.1) is 17.0 Å². The van der Waals surface area contributed by atoms with E-state index in [9.17, 15) is 14.9 Å². The number of nitro benzene ring substituents is 1. The minimum atomic E-state index is -0.487. The average molecular weight is 347 g/mol. The fourth-order valence-corrected chi connectivity index (χ4v) is 2.80. The van der Waals surface area contributed by atoms with Crippen LogP contribution in [0.4, 0.5) is 5.69 Å². The molecule has 1 atom stereocenters. The first-order valence-corrected chi connectivity index (χ1v) is 8.08. The maximum Gasteiger partial charge on any atom is 0.273 e. The largest absolute Gasteiger partial charge is 0.340 e. The fourth-order valence-electron chi connectivity index (χ4n) is 2.80. The predicted octanol–water partition coefficient (Wildman–Crippen LogP) is 3.82. The molecule has 0 aliphatic heterocycles. The highest BCUT2D eigenvalue weighted by molar-refractivity contribution is 5.97. The van der Waals surface area contributed by atoms with Gasteiger partial charge in [-0.15, -0.1) is 0 Å². The third-order valence-corrected chi connectivity index (χ3v) is 4.14. The van der Waals surface area contributed by atoms with Crippen LogP contribution in [0.15, 0.2) is 72.9 Å². The lowest BCUT2D eigenvalue weighted by atomic mass is 10.0. The van der Waals surface area contributed by atoms with Crippen LogP contribution in [0.3, 0.4) is 0 Å². The molecule has 0 aliphatic rings. The molecular weight excluding hydrogens is 330 g/mol. The molecule has 3 aromatic rings. The Kier molecular flexibility index (Phi) is 5.03. The van der Waals surface area contributed by atoms with E-state index in [0.29, 0.717) is 11.3 Å². The molecule has 6 heteroatoms. The Balaban J connectivity index is 1.97. The number of nitrogens with zero attached hydrogens (tertiary/aromatic N) is 2. The van der Waals surface area contributed by atoms with Crippen LogP contribution in [-0.2, 0) is 0 Å². The number of nitro groups is 1. The third-order valence-electron chi connectivity index (χ3n) is 4.14. The number of rotatable bonds is 5. The molecule has 3 rings (SSSR count). The standard InChI is InChI=1S/C20H17N3O3/c1-14-16(10-7-12-18(14)23(25)26)20(24)22-19(15-8-3-2-4-9-15)17-11-5-6-13-21-17/h2-13,19H,1H3,(H,22,24). The van der Waals surface area contributed by atoms with Crippen molar-refractivity contribution in [2.75, 3.05) is 0 Å². The Hall–Kier alpha value is -3.54. The van der Waals surface area contributed by atoms with Crippen molar-refractivity contribution in [3.8, 4) is 0 Å². The van der Waals surface area contributed by atoms with Crippen molar-refractivity contribution in [1.29, 1.82) is 0 Å². The molecule has 26 heavy (non-hydrogen) atoms. The SMILES string of the molecule is Cc1c(C(=O)NC(c2ccccc2)c2ccccn2)cccc1[N+](=O)[O-]. The molecule has 1 aromatic heterocycles. The molecule has 0 bridgehead atoms. The van der Waals surface area contributed by atoms with E-state index in [0.717, 1.165) is 5.56 Å². The summed E-state index contributed by atoms with van der Waals surface area (Å²) in [6, 6.07) is 19.0. The van der Waals surface area contributed by atoms with E-state index in [-0.39, 0.29) is 17.2 Å². The summed E-state index contributed by atoms with van der Waals surface area (Å²) in [5.74, 6) is -0.384. The lowest BCUT2D eigenvalue weighted by Gasteiger charge is -2.19. The van der Waals surface area contributed by atoms with Gasteiger partial charge in [0.25, 0.3) is 11.6 Å². The van der Waals surface area contributed by atoms with Gasteiger partial charge in [-0.1, -0.05) is 42.5 Å². The van der Waals surface area contributed by atoms with E-state index in [2.05, 4.69) is 10.3 Å². The third kappa shape index (κ3) is 3.59. The van der Waals surface area contributed by atoms with Gasteiger partial charge in [0, 0.05) is 23.4 Å². The molecule has 0 saturated carbocycles. The predicted molar refractivity (Wildman–Crippen MR) is 97.8 cm³/mol. The highest BCUT2D eigenvalue weighted by atomic mass is 16.6. The summed E-state index contributed by atoms with van der Waals surface area (Å²) in [5.41, 5.74) is 2.10. The Bertz CT molecular complexity index is 888. The lowest BCUT2D eigenvalue weighted by molar-refractivity contribution is -0.385. The van der Waals surface area contributed by atoms with Crippen molar-refractivity contribution in [2.45, 2.75) is 13.0 Å². The highest BCUT2D eigenvalue weighted by Crippen LogP contribution is 2.24. The van der Waals surface area contributed by atoms with Crippen molar-refractivity contribution in [3.05, 3.63) is 105 Å². The van der Waals surface area contributed by atoms with Crippen LogP contribution in [0.25, 0.3) is 0 Å². The fraction of sp³-hybridized carbons (Fsp3) is 0.100. The summed E-state index contributed by atoms with van der Waals surface area (Å²) < 4.78 is 0. The van der Waals surface area contributed by atoms with Crippen LogP contribution in [0.5, 0.6) is 0 Å². The normalized spacial score (nSPS) is 11.6. The molecule has 1 N–H and O–H groups in total. The summed E-state index contributed by atoms with van der Waals surface area (Å²) in [4.78, 5) is 27.8. The van der Waals surface area contributed by atoms with Crippen LogP contribution >= 0.6 is 0 Å². The number of amides is 1. The highest BCUT2D eigenvalue weighted by Gasteiger charge is 2.22. The molecule has 0 spiro atoms. The van der Waals surface area contributed by atoms with Gasteiger partial charge in [-0.25, -0.2) is 0 Å². The second kappa shape index (κ2) is 7.57. The molecule has 130 valence electrons. The zero-order chi connectivity index (χ0) is 18.5. The molecule has 2 aromatic carbocycles. The van der Waals surface area contributed by atoms with Crippen molar-refractivity contribution >= 4 is 11.6 Å². The Morgan fingerprint density at radius 3 is 2.42 bits per heavy atom. The number of carbonyl (C=O) groups is 1. The van der Waals surface area contributed by atoms with Gasteiger partial charge in [0.2, 0.25) is 0 Å². The first-order chi connectivity index (χ1) is 12.6. The molecule has 1 unspecified atom stereocenters. The van der Waals surface area contributed by atoms with Gasteiger partial charge >= 0.3 is 0 Å². The summed E-state index contributed by atoms with van der Waals surface area (Å²) >= 11 is 0. The second-order valence-corrected chi connectivity index (χ2v) is 5.78. The second-order valence-electron chi connectivity index (χ2n) is 5.78. The maximum atomic E-state index is 12.8. The van der Waals surface area contributed by atoms with E-state index >= 15 is 0 Å². The minimum Gasteiger partial charge on any atom is -0.340 e. The first kappa shape index (κ1) is 17.3. The van der Waals surface area contributed by atoms with E-state index in [1.54, 1.807) is 25.3 Å². The average Bonchev–Trinajstić information content (AvgIpc) is 2.67. The quantitative estimate of drug-likeness (QED) is 0.562. The van der Waals surface area contributed by atoms with Gasteiger partial charge in [0.05, 0.1) is 16.7 Å². The summed E-state index contributed by atoms with van der Waals surface area (Å²) in [7, 11) is 0. The molecule has 0 aliphatic carbocycles. The number of hydrogen-bond donors (Lipinski definition) is 1. The Morgan fingerprint density at radius 1 is 1.04 bits per heavy atom. The summed E-state index contributed by atoms with van der Waals surface area (Å²) in [6.07, 6.45) is 1.66. The van der Waals surface area contributed by atoms with Crippen molar-refractivity contribution < 1.29 is 9.72 Å². The Morgan fingerprint density at radius 2 is 1.77 bits per heavy atom. The number of benzene rings is 2. The van der Waals surface area contributed by atoms with E-state index in [4.69, 9.17) is 0 Å². The zero-order valence-electron chi connectivity index (χ0n) is 14.1. The van der Waals surface area contributed by atoms with Crippen LogP contribution in [0.1, 0.15) is 33.2 Å². The van der Waals surface area contributed by atoms with E-state index in [1.165, 1.54) is 12.1 Å². The lowest BCUT2D eigenvalue weighted by Crippen LogP contribution is -2.30. The van der Waals surface area contributed by atoms with Gasteiger partial charge in [0.15, 0.2) is 0 Å². The monoisotopic (exact) mass is 347 g/mol. The topological polar surface area (TPSA) is 85.1 Å². The minimum absolute atomic E-state index is 0.0771. The van der Waals surface area contributed by atoms with Gasteiger partial charge in [-0.3, -0.25) is 19.9 Å². The van der Waals surface area contributed by atoms with Crippen LogP contribution < -0.4 is 5.32 Å². The van der Waals surface area contributed by atoms with Gasteiger partial charge < -0.3 is 5.32 Å². The molecular formula is C20H17N3O3. The molecule has 1 heterocycles. The van der Waals surface area contributed by atoms with Gasteiger partial charge in [0.1, 0.15) is 0 Å². The molecule has 6 nitrogen and oxygen atoms in total. The van der Waals surface area contributed by atoms with E-state index < -0.39 is 11.0 Å². The van der Waals surface area contributed by atoms with Crippen molar-refractivity contribution in [3.63, 3.8) is 0 Å². The van der Waals surface area contributed by atoms with Crippen molar-refractivity contribution in [1.82, 2.24) is 10.3 Å². The molecule has 0 fully saturated rings. The maximum absolute atomic E-state index is 12.8. The molecule has 1 amide bonds. The Labute approximate surface area is 150 Å². The van der Waals surface area contributed by atoms with Crippen LogP contribution in [0.2, 0.25) is 0 Å². The summed E-state index contributed by atoms with van der Waals surface area (Å²) in [6.45, 7) is 1.57. The zero-order valence-corrected chi connectivity index (χ0v) is 14.1. The number of nitrogens with one attached hydrogen (secondary N) is 1. The van der Waals surface area contributed by atoms with Gasteiger partial charge in [-0.2, -0.15) is 0 Å². The molecule has 0 radical (unpaired) electrons. The smallest absolute Gasteiger partial charge is 0.273 e. The van der Waals surface area contributed by atoms with E-state index in [1.807, 2.05) is 42.5 Å². The first-order valence-electron chi connectivity index (χ1n) is 8.08. The van der Waals surface area contributed by atoms with Crippen molar-refractivity contribution in [2.24, 2.45) is 0 Å². The number of pyridine rings is 1. The number of hydrogen-bond acceptors (Lipinski definition) is 4. The van der Waals surface area contributed by atoms with Gasteiger partial charge in [-0.05, 0) is 30.7 Å². The molecule has 0 saturated heterocycles. The summed E-state index contributed by atoms with van der Waals surface area (Å²) in [5, 5.41) is 14.1.